The van der Waals surface area contributed by atoms with Gasteiger partial charge in [-0.05, 0) is 10.9 Å². The van der Waals surface area contributed by atoms with Crippen molar-refractivity contribution < 1.29 is 107 Å². The van der Waals surface area contributed by atoms with Crippen LogP contribution in [0.3, 0.4) is 0 Å². The molecule has 0 atom stereocenters. The second kappa shape index (κ2) is 15.0. The molecule has 0 aliphatic heterocycles. The van der Waals surface area contributed by atoms with E-state index in [1.165, 1.54) is 0 Å². The SMILES string of the molecule is Fc1c(F)c(F)c([B]c2c(F)c(F)c(F)c(F)c2F)c(F)c1F.[C-]1=CC=CC1.[Cl-].[Cl-].[Cl-].[Zr+4]. The normalized spacial score (nSPS) is 10.7. The van der Waals surface area contributed by atoms with Gasteiger partial charge in [0, 0.05) is 0 Å². The molecule has 1 radical (unpaired) electrons. The fourth-order valence-electron chi connectivity index (χ4n) is 1.98. The van der Waals surface area contributed by atoms with Crippen molar-refractivity contribution in [2.75, 3.05) is 0 Å². The minimum absolute atomic E-state index is 0. The maximum absolute atomic E-state index is 13.4. The molecule has 1 aliphatic rings. The molecular formula is C17H5BCl3F10Zr. The fraction of sp³-hybridized carbons (Fsp3) is 0.0588. The van der Waals surface area contributed by atoms with Crippen LogP contribution in [-0.4, -0.2) is 7.28 Å². The molecule has 0 nitrogen and oxygen atoms in total. The molecule has 0 N–H and O–H groups in total. The smallest absolute Gasteiger partial charge is 1.00 e. The van der Waals surface area contributed by atoms with Crippen LogP contribution in [0.5, 0.6) is 0 Å². The van der Waals surface area contributed by atoms with Gasteiger partial charge < -0.3 is 37.2 Å². The maximum atomic E-state index is 13.4. The van der Waals surface area contributed by atoms with Crippen LogP contribution in [-0.2, 0) is 26.2 Å². The maximum Gasteiger partial charge on any atom is 4.00 e. The minimum Gasteiger partial charge on any atom is -1.00 e. The predicted octanol–water partition coefficient (Wildman–Crippen LogP) is -4.95. The molecule has 15 heteroatoms. The van der Waals surface area contributed by atoms with E-state index in [0.717, 1.165) is 6.42 Å². The summed E-state index contributed by atoms with van der Waals surface area (Å²) in [5.74, 6) is -24.9. The van der Waals surface area contributed by atoms with E-state index in [1.807, 2.05) is 12.2 Å². The van der Waals surface area contributed by atoms with Gasteiger partial charge in [-0.3, -0.25) is 6.08 Å². The molecule has 0 spiro atoms. The van der Waals surface area contributed by atoms with Crippen LogP contribution in [0.2, 0.25) is 0 Å². The average Bonchev–Trinajstić information content (AvgIpc) is 3.27. The van der Waals surface area contributed by atoms with Crippen molar-refractivity contribution in [3.8, 4) is 0 Å². The number of hydrogen-bond acceptors (Lipinski definition) is 0. The Morgan fingerprint density at radius 2 is 0.812 bits per heavy atom. The number of rotatable bonds is 2. The van der Waals surface area contributed by atoms with E-state index in [9.17, 15) is 43.9 Å². The first-order valence-corrected chi connectivity index (χ1v) is 7.18. The summed E-state index contributed by atoms with van der Waals surface area (Å²) in [5, 5.41) is 0. The van der Waals surface area contributed by atoms with E-state index in [-0.39, 0.29) is 70.7 Å². The Hall–Kier alpha value is -0.962. The molecule has 0 saturated carbocycles. The molecule has 0 bridgehead atoms. The Morgan fingerprint density at radius 3 is 1.00 bits per heavy atom. The summed E-state index contributed by atoms with van der Waals surface area (Å²) < 4.78 is 131. The van der Waals surface area contributed by atoms with Crippen molar-refractivity contribution in [2.45, 2.75) is 6.42 Å². The minimum atomic E-state index is -2.55. The second-order valence-corrected chi connectivity index (χ2v) is 5.11. The van der Waals surface area contributed by atoms with Crippen LogP contribution in [0.25, 0.3) is 0 Å². The summed E-state index contributed by atoms with van der Waals surface area (Å²) in [6.45, 7) is 0. The van der Waals surface area contributed by atoms with Crippen LogP contribution in [0, 0.1) is 64.2 Å². The van der Waals surface area contributed by atoms with Crippen molar-refractivity contribution in [2.24, 2.45) is 0 Å². The first-order valence-electron chi connectivity index (χ1n) is 7.18. The van der Waals surface area contributed by atoms with Crippen molar-refractivity contribution in [3.05, 3.63) is 82.5 Å². The Kier molecular flexibility index (Phi) is 16.7. The molecule has 0 aromatic heterocycles. The van der Waals surface area contributed by atoms with Crippen molar-refractivity contribution in [1.82, 2.24) is 0 Å². The van der Waals surface area contributed by atoms with Crippen molar-refractivity contribution in [1.29, 1.82) is 0 Å². The second-order valence-electron chi connectivity index (χ2n) is 5.11. The largest absolute Gasteiger partial charge is 4.00 e. The van der Waals surface area contributed by atoms with E-state index < -0.39 is 69.1 Å². The monoisotopic (exact) mass is 605 g/mol. The van der Waals surface area contributed by atoms with E-state index in [1.54, 1.807) is 0 Å². The molecule has 2 aromatic rings. The number of allylic oxidation sites excluding steroid dienone is 4. The third-order valence-electron chi connectivity index (χ3n) is 3.36. The van der Waals surface area contributed by atoms with E-state index >= 15 is 0 Å². The van der Waals surface area contributed by atoms with Gasteiger partial charge in [0.25, 0.3) is 0 Å². The first kappa shape index (κ1) is 35.6. The summed E-state index contributed by atoms with van der Waals surface area (Å²) >= 11 is 0. The van der Waals surface area contributed by atoms with Gasteiger partial charge in [0.2, 0.25) is 7.28 Å². The summed E-state index contributed by atoms with van der Waals surface area (Å²) in [5.41, 5.74) is -3.71. The Bertz CT molecular complexity index is 866. The Balaban J connectivity index is -0.000000827. The molecule has 2 aromatic carbocycles. The molecule has 0 heterocycles. The van der Waals surface area contributed by atoms with E-state index in [0.29, 0.717) is 0 Å². The van der Waals surface area contributed by atoms with Gasteiger partial charge in [0.1, 0.15) is 0 Å². The topological polar surface area (TPSA) is 0 Å². The summed E-state index contributed by atoms with van der Waals surface area (Å²) in [4.78, 5) is 0. The van der Waals surface area contributed by atoms with Gasteiger partial charge in [-0.2, -0.15) is 6.08 Å². The van der Waals surface area contributed by atoms with Gasteiger partial charge in [0.05, 0.1) is 0 Å². The molecule has 0 unspecified atom stereocenters. The van der Waals surface area contributed by atoms with Crippen LogP contribution in [0.4, 0.5) is 43.9 Å². The molecule has 171 valence electrons. The molecule has 1 aliphatic carbocycles. The van der Waals surface area contributed by atoms with Crippen molar-refractivity contribution in [3.63, 3.8) is 0 Å². The standard InChI is InChI=1S/C12BF10.C5H5.3ClH.Zr/c14-3-1(4(15)8(19)11(22)7(3)18)13-2-5(16)9(20)12(23)10(21)6(2)17;1-2-4-5-3-1;;;;/h;1-3H,4H2;3*1H;/q;-1;;;;+4/p-3. The fourth-order valence-corrected chi connectivity index (χ4v) is 1.98. The number of halogens is 13. The zero-order valence-electron chi connectivity index (χ0n) is 14.9. The Labute approximate surface area is 213 Å². The number of benzene rings is 2. The zero-order chi connectivity index (χ0) is 21.2. The quantitative estimate of drug-likeness (QED) is 0.106. The summed E-state index contributed by atoms with van der Waals surface area (Å²) in [7, 11) is -0.369. The van der Waals surface area contributed by atoms with Crippen LogP contribution in [0.1, 0.15) is 6.42 Å². The molecule has 0 fully saturated rings. The van der Waals surface area contributed by atoms with Crippen LogP contribution in [0.15, 0.2) is 18.2 Å². The molecule has 32 heavy (non-hydrogen) atoms. The molecule has 3 rings (SSSR count). The molecule has 0 saturated heterocycles. The van der Waals surface area contributed by atoms with Gasteiger partial charge in [-0.1, -0.05) is 0 Å². The number of hydrogen-bond donors (Lipinski definition) is 0. The zero-order valence-corrected chi connectivity index (χ0v) is 19.7. The molecular weight excluding hydrogens is 603 g/mol. The van der Waals surface area contributed by atoms with Gasteiger partial charge >= 0.3 is 26.2 Å². The summed E-state index contributed by atoms with van der Waals surface area (Å²) in [6, 6.07) is 0. The van der Waals surface area contributed by atoms with Gasteiger partial charge in [0.15, 0.2) is 58.2 Å². The molecule has 0 amide bonds. The average molecular weight is 608 g/mol. The Morgan fingerprint density at radius 1 is 0.531 bits per heavy atom. The van der Waals surface area contributed by atoms with Crippen LogP contribution < -0.4 is 48.1 Å². The van der Waals surface area contributed by atoms with E-state index in [4.69, 9.17) is 0 Å². The third kappa shape index (κ3) is 7.27. The summed E-state index contributed by atoms with van der Waals surface area (Å²) in [6.07, 6.45) is 10.0. The van der Waals surface area contributed by atoms with Gasteiger partial charge in [-0.25, -0.2) is 56.1 Å². The van der Waals surface area contributed by atoms with Gasteiger partial charge in [-0.15, -0.1) is 6.42 Å². The predicted molar refractivity (Wildman–Crippen MR) is 79.1 cm³/mol. The van der Waals surface area contributed by atoms with Crippen LogP contribution >= 0.6 is 0 Å². The first-order chi connectivity index (χ1) is 13.1. The van der Waals surface area contributed by atoms with E-state index in [2.05, 4.69) is 12.2 Å². The third-order valence-corrected chi connectivity index (χ3v) is 3.36. The van der Waals surface area contributed by atoms with Crippen molar-refractivity contribution >= 4 is 18.2 Å².